The Kier molecular flexibility index (Phi) is 7.50. The van der Waals surface area contributed by atoms with E-state index in [1.54, 1.807) is 24.3 Å². The van der Waals surface area contributed by atoms with Crippen LogP contribution in [0.1, 0.15) is 25.7 Å². The Morgan fingerprint density at radius 2 is 1.14 bits per heavy atom. The Morgan fingerprint density at radius 1 is 0.750 bits per heavy atom. The fraction of sp³-hybridized carbons (Fsp3) is 0.300. The third kappa shape index (κ3) is 6.39. The van der Waals surface area contributed by atoms with Gasteiger partial charge >= 0.3 is 0 Å². The summed E-state index contributed by atoms with van der Waals surface area (Å²) in [5, 5.41) is 20.9. The Bertz CT molecular complexity index is 768. The standard InChI is InChI=1S/C20H24N2O6/c21-15-7-5-13(11-17(15)27-9-1-3-19(23)24)14-6-8-16(22)18(12-14)28-10-2-4-20(25)26/h5-8,11-12H,1-4,9-10,21-22H2,(H,23,24)(H,25,26)/p-2. The van der Waals surface area contributed by atoms with Crippen LogP contribution in [0.4, 0.5) is 11.4 Å². The largest absolute Gasteiger partial charge is 0.550 e. The van der Waals surface area contributed by atoms with Crippen molar-refractivity contribution < 1.29 is 29.3 Å². The van der Waals surface area contributed by atoms with Crippen LogP contribution in [-0.2, 0) is 9.59 Å². The highest BCUT2D eigenvalue weighted by atomic mass is 16.5. The Labute approximate surface area is 162 Å². The SMILES string of the molecule is Nc1ccc(-c2ccc(N)c(OCCCC(=O)[O-])c2)cc1OCCCC(=O)[O-]. The third-order valence-corrected chi connectivity index (χ3v) is 3.93. The second kappa shape index (κ2) is 10.1. The molecule has 0 saturated carbocycles. The minimum Gasteiger partial charge on any atom is -0.550 e. The summed E-state index contributed by atoms with van der Waals surface area (Å²) in [6, 6.07) is 10.5. The molecule has 0 atom stereocenters. The van der Waals surface area contributed by atoms with Crippen molar-refractivity contribution in [2.24, 2.45) is 0 Å². The number of benzene rings is 2. The first-order valence-electron chi connectivity index (χ1n) is 8.81. The molecule has 0 aliphatic heterocycles. The number of ether oxygens (including phenoxy) is 2. The van der Waals surface area contributed by atoms with Gasteiger partial charge in [0.1, 0.15) is 11.5 Å². The molecule has 0 bridgehead atoms. The Morgan fingerprint density at radius 3 is 1.50 bits per heavy atom. The first-order valence-corrected chi connectivity index (χ1v) is 8.81. The molecule has 0 unspecified atom stereocenters. The molecule has 2 rings (SSSR count). The number of rotatable bonds is 11. The number of hydrogen-bond acceptors (Lipinski definition) is 8. The number of carbonyl (C=O) groups excluding carboxylic acids is 2. The summed E-state index contributed by atoms with van der Waals surface area (Å²) < 4.78 is 11.1. The van der Waals surface area contributed by atoms with Crippen LogP contribution in [0.5, 0.6) is 11.5 Å². The maximum Gasteiger partial charge on any atom is 0.142 e. The highest BCUT2D eigenvalue weighted by Crippen LogP contribution is 2.33. The molecule has 8 nitrogen and oxygen atoms in total. The molecular formula is C20H22N2O6-2. The molecule has 0 radical (unpaired) electrons. The first-order chi connectivity index (χ1) is 13.4. The fourth-order valence-corrected chi connectivity index (χ4v) is 2.48. The van der Waals surface area contributed by atoms with Gasteiger partial charge in [0.2, 0.25) is 0 Å². The lowest BCUT2D eigenvalue weighted by molar-refractivity contribution is -0.307. The van der Waals surface area contributed by atoms with E-state index in [4.69, 9.17) is 20.9 Å². The lowest BCUT2D eigenvalue weighted by Gasteiger charge is -2.13. The molecule has 8 heteroatoms. The van der Waals surface area contributed by atoms with Crippen LogP contribution < -0.4 is 31.2 Å². The van der Waals surface area contributed by atoms with Gasteiger partial charge in [-0.15, -0.1) is 0 Å². The van der Waals surface area contributed by atoms with Crippen molar-refractivity contribution in [2.75, 3.05) is 24.7 Å². The van der Waals surface area contributed by atoms with Gasteiger partial charge in [-0.3, -0.25) is 0 Å². The van der Waals surface area contributed by atoms with Crippen LogP contribution in [0.2, 0.25) is 0 Å². The van der Waals surface area contributed by atoms with E-state index in [0.717, 1.165) is 11.1 Å². The smallest absolute Gasteiger partial charge is 0.142 e. The fourth-order valence-electron chi connectivity index (χ4n) is 2.48. The highest BCUT2D eigenvalue weighted by molar-refractivity contribution is 5.73. The predicted molar refractivity (Wildman–Crippen MR) is 100 cm³/mol. The molecule has 0 amide bonds. The highest BCUT2D eigenvalue weighted by Gasteiger charge is 2.08. The van der Waals surface area contributed by atoms with E-state index in [9.17, 15) is 19.8 Å². The van der Waals surface area contributed by atoms with Crippen LogP contribution in [0.3, 0.4) is 0 Å². The van der Waals surface area contributed by atoms with Crippen molar-refractivity contribution in [3.8, 4) is 22.6 Å². The molecular weight excluding hydrogens is 364 g/mol. The van der Waals surface area contributed by atoms with Crippen molar-refractivity contribution in [3.05, 3.63) is 36.4 Å². The van der Waals surface area contributed by atoms with E-state index in [2.05, 4.69) is 0 Å². The summed E-state index contributed by atoms with van der Waals surface area (Å²) in [6.07, 6.45) is 0.460. The number of nitrogens with two attached hydrogens (primary N) is 2. The van der Waals surface area contributed by atoms with Gasteiger partial charge < -0.3 is 40.7 Å². The van der Waals surface area contributed by atoms with Gasteiger partial charge in [-0.1, -0.05) is 12.1 Å². The Balaban J connectivity index is 2.09. The van der Waals surface area contributed by atoms with Crippen LogP contribution >= 0.6 is 0 Å². The zero-order valence-electron chi connectivity index (χ0n) is 15.3. The minimum absolute atomic E-state index is 0.0871. The third-order valence-electron chi connectivity index (χ3n) is 3.93. The molecule has 2 aromatic rings. The average Bonchev–Trinajstić information content (AvgIpc) is 2.64. The molecule has 0 aliphatic rings. The van der Waals surface area contributed by atoms with Crippen LogP contribution in [0.15, 0.2) is 36.4 Å². The second-order valence-electron chi connectivity index (χ2n) is 6.15. The Hall–Kier alpha value is -3.42. The minimum atomic E-state index is -1.13. The summed E-state index contributed by atoms with van der Waals surface area (Å²) in [7, 11) is 0. The molecule has 4 N–H and O–H groups in total. The number of hydrogen-bond donors (Lipinski definition) is 2. The molecule has 0 aliphatic carbocycles. The summed E-state index contributed by atoms with van der Waals surface area (Å²) in [5.74, 6) is -1.35. The number of carboxylic acid groups (broad SMARTS) is 2. The lowest BCUT2D eigenvalue weighted by atomic mass is 10.0. The normalized spacial score (nSPS) is 10.4. The van der Waals surface area contributed by atoms with Crippen LogP contribution in [-0.4, -0.2) is 25.2 Å². The van der Waals surface area contributed by atoms with E-state index >= 15 is 0 Å². The summed E-state index contributed by atoms with van der Waals surface area (Å²) in [5.41, 5.74) is 14.3. The predicted octanol–water partition coefficient (Wildman–Crippen LogP) is 0.336. The second-order valence-corrected chi connectivity index (χ2v) is 6.15. The molecule has 0 saturated heterocycles. The van der Waals surface area contributed by atoms with Crippen LogP contribution in [0, 0.1) is 0 Å². The van der Waals surface area contributed by atoms with Gasteiger partial charge in [0.05, 0.1) is 24.6 Å². The number of nitrogen functional groups attached to an aromatic ring is 2. The first kappa shape index (κ1) is 20.9. The molecule has 2 aromatic carbocycles. The van der Waals surface area contributed by atoms with Crippen molar-refractivity contribution in [2.45, 2.75) is 25.7 Å². The quantitative estimate of drug-likeness (QED) is 0.414. The van der Waals surface area contributed by atoms with Crippen molar-refractivity contribution >= 4 is 23.3 Å². The number of aliphatic carboxylic acids is 2. The van der Waals surface area contributed by atoms with E-state index in [1.165, 1.54) is 0 Å². The van der Waals surface area contributed by atoms with Gasteiger partial charge in [0, 0.05) is 11.9 Å². The topological polar surface area (TPSA) is 151 Å². The zero-order chi connectivity index (χ0) is 20.5. The average molecular weight is 386 g/mol. The lowest BCUT2D eigenvalue weighted by Crippen LogP contribution is -2.22. The summed E-state index contributed by atoms with van der Waals surface area (Å²) in [4.78, 5) is 20.9. The van der Waals surface area contributed by atoms with E-state index in [1.807, 2.05) is 12.1 Å². The molecule has 0 aromatic heterocycles. The van der Waals surface area contributed by atoms with Gasteiger partial charge in [-0.25, -0.2) is 0 Å². The van der Waals surface area contributed by atoms with Gasteiger partial charge in [-0.2, -0.15) is 0 Å². The number of carbonyl (C=O) groups is 2. The van der Waals surface area contributed by atoms with E-state index in [-0.39, 0.29) is 26.1 Å². The molecule has 0 heterocycles. The van der Waals surface area contributed by atoms with Crippen LogP contribution in [0.25, 0.3) is 11.1 Å². The van der Waals surface area contributed by atoms with E-state index in [0.29, 0.717) is 35.7 Å². The maximum atomic E-state index is 10.5. The molecule has 28 heavy (non-hydrogen) atoms. The molecule has 0 spiro atoms. The van der Waals surface area contributed by atoms with Gasteiger partial charge in [0.25, 0.3) is 0 Å². The van der Waals surface area contributed by atoms with Crippen molar-refractivity contribution in [3.63, 3.8) is 0 Å². The van der Waals surface area contributed by atoms with Crippen molar-refractivity contribution in [1.29, 1.82) is 0 Å². The number of carboxylic acids is 2. The molecule has 0 fully saturated rings. The van der Waals surface area contributed by atoms with E-state index < -0.39 is 11.9 Å². The molecule has 150 valence electrons. The number of anilines is 2. The van der Waals surface area contributed by atoms with Gasteiger partial charge in [0.15, 0.2) is 0 Å². The summed E-state index contributed by atoms with van der Waals surface area (Å²) in [6.45, 7) is 0.409. The maximum absolute atomic E-state index is 10.5. The monoisotopic (exact) mass is 386 g/mol. The van der Waals surface area contributed by atoms with Crippen molar-refractivity contribution in [1.82, 2.24) is 0 Å². The summed E-state index contributed by atoms with van der Waals surface area (Å²) >= 11 is 0. The zero-order valence-corrected chi connectivity index (χ0v) is 15.3. The van der Waals surface area contributed by atoms with Gasteiger partial charge in [-0.05, 0) is 61.1 Å².